The van der Waals surface area contributed by atoms with E-state index in [1.54, 1.807) is 36.7 Å². The number of nitrogens with zero attached hydrogens (tertiary/aromatic N) is 3. The summed E-state index contributed by atoms with van der Waals surface area (Å²) in [4.78, 5) is 24.1. The van der Waals surface area contributed by atoms with Gasteiger partial charge in [0, 0.05) is 47.1 Å². The Balaban J connectivity index is 1.36. The molecule has 0 aliphatic carbocycles. The zero-order valence-electron chi connectivity index (χ0n) is 16.3. The summed E-state index contributed by atoms with van der Waals surface area (Å²) in [6, 6.07) is 12.7. The molecule has 0 amide bonds. The number of Topliss-reactive ketones (excluding diaryl/α,β-unsaturated/α-hetero) is 1. The summed E-state index contributed by atoms with van der Waals surface area (Å²) in [6.45, 7) is 0. The number of hydrogen-bond donors (Lipinski definition) is 0. The fourth-order valence-corrected chi connectivity index (χ4v) is 4.94. The molecule has 2 saturated heterocycles. The quantitative estimate of drug-likeness (QED) is 0.570. The Labute approximate surface area is 173 Å². The number of hydrogen-bond acceptors (Lipinski definition) is 4. The average molecular weight is 405 g/mol. The van der Waals surface area contributed by atoms with Gasteiger partial charge < -0.3 is 4.90 Å². The first-order valence-electron chi connectivity index (χ1n) is 10.3. The Hall–Kier alpha value is -3.15. The minimum atomic E-state index is -0.580. The molecule has 0 radical (unpaired) electrons. The van der Waals surface area contributed by atoms with Crippen molar-refractivity contribution in [3.8, 4) is 11.1 Å². The number of ketones is 1. The second-order valence-electron chi connectivity index (χ2n) is 8.05. The van der Waals surface area contributed by atoms with Gasteiger partial charge in [0.1, 0.15) is 11.6 Å². The van der Waals surface area contributed by atoms with E-state index in [4.69, 9.17) is 0 Å². The van der Waals surface area contributed by atoms with Gasteiger partial charge in [0.25, 0.3) is 0 Å². The van der Waals surface area contributed by atoms with E-state index in [0.29, 0.717) is 18.4 Å². The Morgan fingerprint density at radius 2 is 1.53 bits per heavy atom. The van der Waals surface area contributed by atoms with Gasteiger partial charge in [-0.1, -0.05) is 30.3 Å². The summed E-state index contributed by atoms with van der Waals surface area (Å²) in [5.41, 5.74) is 0.713. The number of carbonyl (C=O) groups is 1. The summed E-state index contributed by atoms with van der Waals surface area (Å²) in [5, 5.41) is 0. The van der Waals surface area contributed by atoms with Crippen molar-refractivity contribution in [2.75, 3.05) is 4.90 Å². The van der Waals surface area contributed by atoms with E-state index in [2.05, 4.69) is 14.9 Å². The van der Waals surface area contributed by atoms with Crippen LogP contribution in [0.5, 0.6) is 0 Å². The average Bonchev–Trinajstić information content (AvgIpc) is 3.03. The maximum atomic E-state index is 14.7. The lowest BCUT2D eigenvalue weighted by atomic mass is 9.84. The molecular weight excluding hydrogens is 384 g/mol. The molecule has 2 unspecified atom stereocenters. The van der Waals surface area contributed by atoms with Crippen molar-refractivity contribution in [3.05, 3.63) is 78.1 Å². The molecule has 0 spiro atoms. The van der Waals surface area contributed by atoms with Crippen molar-refractivity contribution < 1.29 is 13.6 Å². The predicted molar refractivity (Wildman–Crippen MR) is 110 cm³/mol. The van der Waals surface area contributed by atoms with Gasteiger partial charge in [-0.05, 0) is 43.9 Å². The van der Waals surface area contributed by atoms with Crippen molar-refractivity contribution in [2.45, 2.75) is 37.8 Å². The Morgan fingerprint density at radius 3 is 2.20 bits per heavy atom. The standard InChI is InChI=1S/C24H21F2N3O/c25-21-5-2-1-4-19(21)20-9-6-15(14-22(20)26)23(30)16-12-17-7-8-18(13-16)29(17)24-27-10-3-11-28-24/h1-6,9-11,14,16-18H,7-8,12-13H2. The van der Waals surface area contributed by atoms with Crippen LogP contribution in [-0.4, -0.2) is 27.8 Å². The lowest BCUT2D eigenvalue weighted by Crippen LogP contribution is -2.45. The largest absolute Gasteiger partial charge is 0.335 e. The number of halogens is 2. The zero-order chi connectivity index (χ0) is 20.7. The van der Waals surface area contributed by atoms with E-state index in [1.807, 2.05) is 0 Å². The zero-order valence-corrected chi connectivity index (χ0v) is 16.3. The molecule has 3 heterocycles. The minimum Gasteiger partial charge on any atom is -0.335 e. The number of fused-ring (bicyclic) bond motifs is 2. The number of aromatic nitrogens is 2. The molecule has 0 saturated carbocycles. The normalized spacial score (nSPS) is 22.9. The summed E-state index contributed by atoms with van der Waals surface area (Å²) in [6.07, 6.45) is 6.91. The highest BCUT2D eigenvalue weighted by molar-refractivity contribution is 5.98. The summed E-state index contributed by atoms with van der Waals surface area (Å²) in [5.74, 6) is -0.538. The van der Waals surface area contributed by atoms with Gasteiger partial charge in [-0.3, -0.25) is 4.79 Å². The monoisotopic (exact) mass is 405 g/mol. The number of carbonyl (C=O) groups excluding carboxylic acids is 1. The smallest absolute Gasteiger partial charge is 0.225 e. The van der Waals surface area contributed by atoms with Crippen LogP contribution in [0.3, 0.4) is 0 Å². The summed E-state index contributed by atoms with van der Waals surface area (Å²) in [7, 11) is 0. The molecule has 2 fully saturated rings. The maximum Gasteiger partial charge on any atom is 0.225 e. The van der Waals surface area contributed by atoms with E-state index in [0.717, 1.165) is 18.8 Å². The molecule has 5 rings (SSSR count). The summed E-state index contributed by atoms with van der Waals surface area (Å²) >= 11 is 0. The lowest BCUT2D eigenvalue weighted by Gasteiger charge is -2.38. The first-order valence-corrected chi connectivity index (χ1v) is 10.3. The Morgan fingerprint density at radius 1 is 0.867 bits per heavy atom. The maximum absolute atomic E-state index is 14.7. The molecule has 2 aliphatic heterocycles. The second-order valence-corrected chi connectivity index (χ2v) is 8.05. The number of piperidine rings is 1. The van der Waals surface area contributed by atoms with Crippen LogP contribution in [0.4, 0.5) is 14.7 Å². The highest BCUT2D eigenvalue weighted by Gasteiger charge is 2.44. The minimum absolute atomic E-state index is 0.0421. The number of rotatable bonds is 4. The van der Waals surface area contributed by atoms with Crippen molar-refractivity contribution in [3.63, 3.8) is 0 Å². The van der Waals surface area contributed by atoms with E-state index >= 15 is 0 Å². The lowest BCUT2D eigenvalue weighted by molar-refractivity contribution is 0.0885. The molecule has 1 aromatic heterocycles. The van der Waals surface area contributed by atoms with E-state index < -0.39 is 11.6 Å². The Bertz CT molecular complexity index is 1070. The highest BCUT2D eigenvalue weighted by atomic mass is 19.1. The van der Waals surface area contributed by atoms with Crippen LogP contribution in [0, 0.1) is 17.6 Å². The van der Waals surface area contributed by atoms with Crippen LogP contribution in [0.1, 0.15) is 36.0 Å². The van der Waals surface area contributed by atoms with Crippen LogP contribution in [0.2, 0.25) is 0 Å². The van der Waals surface area contributed by atoms with E-state index in [-0.39, 0.29) is 34.9 Å². The van der Waals surface area contributed by atoms with Crippen LogP contribution >= 0.6 is 0 Å². The number of benzene rings is 2. The molecule has 2 aliphatic rings. The van der Waals surface area contributed by atoms with Crippen molar-refractivity contribution >= 4 is 11.7 Å². The molecule has 2 atom stereocenters. The van der Waals surface area contributed by atoms with Gasteiger partial charge in [-0.2, -0.15) is 0 Å². The molecule has 6 heteroatoms. The molecule has 2 aromatic carbocycles. The van der Waals surface area contributed by atoms with Crippen molar-refractivity contribution in [1.82, 2.24) is 9.97 Å². The molecule has 0 N–H and O–H groups in total. The van der Waals surface area contributed by atoms with Gasteiger partial charge in [0.2, 0.25) is 5.95 Å². The highest BCUT2D eigenvalue weighted by Crippen LogP contribution is 2.41. The van der Waals surface area contributed by atoms with Crippen LogP contribution < -0.4 is 4.90 Å². The topological polar surface area (TPSA) is 46.1 Å². The van der Waals surface area contributed by atoms with Crippen LogP contribution in [0.15, 0.2) is 60.9 Å². The SMILES string of the molecule is O=C(c1ccc(-c2ccccc2F)c(F)c1)C1CC2CCC(C1)N2c1ncccn1. The third-order valence-electron chi connectivity index (χ3n) is 6.30. The van der Waals surface area contributed by atoms with Gasteiger partial charge in [-0.25, -0.2) is 18.7 Å². The third-order valence-corrected chi connectivity index (χ3v) is 6.30. The molecule has 2 bridgehead atoms. The van der Waals surface area contributed by atoms with Crippen LogP contribution in [-0.2, 0) is 0 Å². The molecule has 30 heavy (non-hydrogen) atoms. The predicted octanol–water partition coefficient (Wildman–Crippen LogP) is 5.05. The molecular formula is C24H21F2N3O. The molecule has 3 aromatic rings. The van der Waals surface area contributed by atoms with Crippen molar-refractivity contribution in [1.29, 1.82) is 0 Å². The fraction of sp³-hybridized carbons (Fsp3) is 0.292. The fourth-order valence-electron chi connectivity index (χ4n) is 4.94. The number of anilines is 1. The summed E-state index contributed by atoms with van der Waals surface area (Å²) < 4.78 is 28.8. The Kier molecular flexibility index (Phi) is 4.77. The van der Waals surface area contributed by atoms with Crippen LogP contribution in [0.25, 0.3) is 11.1 Å². The second kappa shape index (κ2) is 7.59. The van der Waals surface area contributed by atoms with Gasteiger partial charge in [0.05, 0.1) is 0 Å². The third kappa shape index (κ3) is 3.26. The van der Waals surface area contributed by atoms with Crippen molar-refractivity contribution in [2.24, 2.45) is 5.92 Å². The molecule has 4 nitrogen and oxygen atoms in total. The van der Waals surface area contributed by atoms with Gasteiger partial charge in [0.15, 0.2) is 5.78 Å². The van der Waals surface area contributed by atoms with E-state index in [1.165, 1.54) is 24.3 Å². The molecule has 152 valence electrons. The van der Waals surface area contributed by atoms with Gasteiger partial charge >= 0.3 is 0 Å². The first-order chi connectivity index (χ1) is 14.6. The van der Waals surface area contributed by atoms with Gasteiger partial charge in [-0.15, -0.1) is 0 Å². The van der Waals surface area contributed by atoms with E-state index in [9.17, 15) is 13.6 Å². The first kappa shape index (κ1) is 18.9.